The Balaban J connectivity index is 2.30. The lowest BCUT2D eigenvalue weighted by Crippen LogP contribution is -2.42. The average Bonchev–Trinajstić information content (AvgIpc) is 2.52. The highest BCUT2D eigenvalue weighted by atomic mass is 28.4. The molecule has 0 N–H and O–H groups in total. The minimum atomic E-state index is -2.52. The Morgan fingerprint density at radius 3 is 1.91 bits per heavy atom. The molecule has 0 unspecified atom stereocenters. The van der Waals surface area contributed by atoms with Gasteiger partial charge in [-0.15, -0.1) is 0 Å². The molecule has 1 rings (SSSR count). The zero-order valence-corrected chi connectivity index (χ0v) is 14.3. The average molecular weight is 336 g/mol. The van der Waals surface area contributed by atoms with Crippen LogP contribution < -0.4 is 0 Å². The Kier molecular flexibility index (Phi) is 8.09. The van der Waals surface area contributed by atoms with Gasteiger partial charge in [0, 0.05) is 33.4 Å². The van der Waals surface area contributed by atoms with E-state index >= 15 is 0 Å². The Labute approximate surface area is 130 Å². The zero-order chi connectivity index (χ0) is 16.6. The summed E-state index contributed by atoms with van der Waals surface area (Å²) in [6.45, 7) is 0. The van der Waals surface area contributed by atoms with Crippen molar-refractivity contribution in [3.05, 3.63) is 35.1 Å². The van der Waals surface area contributed by atoms with Gasteiger partial charge < -0.3 is 13.3 Å². The fourth-order valence-electron chi connectivity index (χ4n) is 2.32. The van der Waals surface area contributed by atoms with E-state index in [2.05, 4.69) is 0 Å². The summed E-state index contributed by atoms with van der Waals surface area (Å²) >= 11 is 0. The van der Waals surface area contributed by atoms with Crippen LogP contribution in [0.25, 0.3) is 0 Å². The second-order valence-electron chi connectivity index (χ2n) is 5.07. The quantitative estimate of drug-likeness (QED) is 0.366. The normalized spacial score (nSPS) is 11.9. The van der Waals surface area contributed by atoms with Gasteiger partial charge in [0.2, 0.25) is 0 Å². The van der Waals surface area contributed by atoms with E-state index < -0.39 is 26.3 Å². The zero-order valence-electron chi connectivity index (χ0n) is 13.3. The molecule has 0 heterocycles. The lowest BCUT2D eigenvalue weighted by atomic mass is 10.1. The van der Waals surface area contributed by atoms with Gasteiger partial charge in [-0.1, -0.05) is 12.8 Å². The number of aryl methyl sites for hydroxylation is 1. The standard InChI is InChI=1S/C15H23F3O3Si/c1-19-22(20-2,21-3)9-7-5-4-6-8-12-10-14(17)15(18)11-13(12)16/h10-11H,4-9H2,1-3H3. The summed E-state index contributed by atoms with van der Waals surface area (Å²) in [4.78, 5) is 0. The van der Waals surface area contributed by atoms with Crippen LogP contribution in [0.4, 0.5) is 13.2 Å². The number of unbranched alkanes of at least 4 members (excludes halogenated alkanes) is 3. The third-order valence-electron chi connectivity index (χ3n) is 3.70. The molecule has 0 bridgehead atoms. The molecule has 3 nitrogen and oxygen atoms in total. The molecular formula is C15H23F3O3Si. The molecule has 0 spiro atoms. The smallest absolute Gasteiger partial charge is 0.377 e. The monoisotopic (exact) mass is 336 g/mol. The highest BCUT2D eigenvalue weighted by Gasteiger charge is 2.36. The first-order valence-corrected chi connectivity index (χ1v) is 9.20. The van der Waals surface area contributed by atoms with Crippen LogP contribution in [0, 0.1) is 17.5 Å². The Morgan fingerprint density at radius 2 is 1.32 bits per heavy atom. The van der Waals surface area contributed by atoms with Crippen LogP contribution in [0.2, 0.25) is 6.04 Å². The largest absolute Gasteiger partial charge is 0.500 e. The van der Waals surface area contributed by atoms with Crippen molar-refractivity contribution in [1.82, 2.24) is 0 Å². The first kappa shape index (κ1) is 19.2. The molecule has 0 aromatic heterocycles. The van der Waals surface area contributed by atoms with Crippen LogP contribution in [-0.4, -0.2) is 30.1 Å². The number of benzene rings is 1. The molecule has 0 aliphatic heterocycles. The van der Waals surface area contributed by atoms with Crippen LogP contribution in [0.1, 0.15) is 31.2 Å². The SMILES string of the molecule is CO[Si](CCCCCCc1cc(F)c(F)cc1F)(OC)OC. The molecule has 0 fully saturated rings. The van der Waals surface area contributed by atoms with Gasteiger partial charge in [0.05, 0.1) is 0 Å². The second-order valence-corrected chi connectivity index (χ2v) is 8.16. The van der Waals surface area contributed by atoms with Crippen LogP contribution in [-0.2, 0) is 19.7 Å². The van der Waals surface area contributed by atoms with Gasteiger partial charge in [-0.2, -0.15) is 0 Å². The van der Waals surface area contributed by atoms with E-state index in [0.717, 1.165) is 31.4 Å². The molecule has 0 aliphatic rings. The molecule has 0 aliphatic carbocycles. The van der Waals surface area contributed by atoms with E-state index in [-0.39, 0.29) is 5.56 Å². The Morgan fingerprint density at radius 1 is 0.773 bits per heavy atom. The second kappa shape index (κ2) is 9.29. The van der Waals surface area contributed by atoms with E-state index in [4.69, 9.17) is 13.3 Å². The van der Waals surface area contributed by atoms with Crippen molar-refractivity contribution in [2.45, 2.75) is 38.1 Å². The van der Waals surface area contributed by atoms with Gasteiger partial charge in [0.1, 0.15) is 5.82 Å². The number of hydrogen-bond acceptors (Lipinski definition) is 3. The fourth-order valence-corrected chi connectivity index (χ4v) is 4.12. The maximum atomic E-state index is 13.4. The minimum Gasteiger partial charge on any atom is -0.377 e. The molecule has 0 saturated carbocycles. The van der Waals surface area contributed by atoms with Crippen LogP contribution in [0.15, 0.2) is 12.1 Å². The highest BCUT2D eigenvalue weighted by Crippen LogP contribution is 2.19. The molecule has 0 saturated heterocycles. The van der Waals surface area contributed by atoms with Gasteiger partial charge >= 0.3 is 8.80 Å². The molecule has 22 heavy (non-hydrogen) atoms. The molecule has 0 amide bonds. The maximum Gasteiger partial charge on any atom is 0.500 e. The first-order chi connectivity index (χ1) is 10.5. The summed E-state index contributed by atoms with van der Waals surface area (Å²) < 4.78 is 55.3. The molecule has 1 aromatic carbocycles. The lowest BCUT2D eigenvalue weighted by Gasteiger charge is -2.24. The van der Waals surface area contributed by atoms with E-state index in [1.807, 2.05) is 0 Å². The summed E-state index contributed by atoms with van der Waals surface area (Å²) in [6.07, 6.45) is 3.76. The molecule has 7 heteroatoms. The van der Waals surface area contributed by atoms with Crippen molar-refractivity contribution in [3.63, 3.8) is 0 Å². The summed E-state index contributed by atoms with van der Waals surface area (Å²) in [7, 11) is 2.21. The van der Waals surface area contributed by atoms with Gasteiger partial charge in [-0.25, -0.2) is 13.2 Å². The van der Waals surface area contributed by atoms with Gasteiger partial charge in [0.25, 0.3) is 0 Å². The van der Waals surface area contributed by atoms with Gasteiger partial charge in [0.15, 0.2) is 11.6 Å². The maximum absolute atomic E-state index is 13.4. The predicted octanol–water partition coefficient (Wildman–Crippen LogP) is 4.08. The van der Waals surface area contributed by atoms with Crippen molar-refractivity contribution in [2.24, 2.45) is 0 Å². The van der Waals surface area contributed by atoms with Crippen molar-refractivity contribution < 1.29 is 26.4 Å². The van der Waals surface area contributed by atoms with Crippen LogP contribution in [0.5, 0.6) is 0 Å². The molecule has 0 atom stereocenters. The van der Waals surface area contributed by atoms with Crippen molar-refractivity contribution in [2.75, 3.05) is 21.3 Å². The third kappa shape index (κ3) is 5.39. The Bertz CT molecular complexity index is 459. The molecule has 0 radical (unpaired) electrons. The molecule has 1 aromatic rings. The van der Waals surface area contributed by atoms with Crippen LogP contribution >= 0.6 is 0 Å². The summed E-state index contributed by atoms with van der Waals surface area (Å²) in [5.41, 5.74) is 0.216. The molecular weight excluding hydrogens is 313 g/mol. The van der Waals surface area contributed by atoms with E-state index in [9.17, 15) is 13.2 Å². The van der Waals surface area contributed by atoms with Crippen molar-refractivity contribution >= 4 is 8.80 Å². The minimum absolute atomic E-state index is 0.216. The Hall–Kier alpha value is -0.893. The van der Waals surface area contributed by atoms with Crippen molar-refractivity contribution in [1.29, 1.82) is 0 Å². The first-order valence-electron chi connectivity index (χ1n) is 7.27. The number of rotatable bonds is 10. The van der Waals surface area contributed by atoms with E-state index in [1.54, 1.807) is 21.3 Å². The summed E-state index contributed by atoms with van der Waals surface area (Å²) in [5.74, 6) is -2.85. The predicted molar refractivity (Wildman–Crippen MR) is 80.1 cm³/mol. The van der Waals surface area contributed by atoms with Gasteiger partial charge in [-0.3, -0.25) is 0 Å². The van der Waals surface area contributed by atoms with Crippen molar-refractivity contribution in [3.8, 4) is 0 Å². The third-order valence-corrected chi connectivity index (χ3v) is 6.53. The van der Waals surface area contributed by atoms with Crippen LogP contribution in [0.3, 0.4) is 0 Å². The number of hydrogen-bond donors (Lipinski definition) is 0. The number of halogens is 3. The fraction of sp³-hybridized carbons (Fsp3) is 0.600. The summed E-state index contributed by atoms with van der Waals surface area (Å²) in [6, 6.07) is 2.25. The van der Waals surface area contributed by atoms with Gasteiger partial charge in [-0.05, 0) is 30.9 Å². The summed E-state index contributed by atoms with van der Waals surface area (Å²) in [5, 5.41) is 0. The lowest BCUT2D eigenvalue weighted by molar-refractivity contribution is 0.122. The molecule has 126 valence electrons. The highest BCUT2D eigenvalue weighted by molar-refractivity contribution is 6.60. The van der Waals surface area contributed by atoms with E-state index in [1.165, 1.54) is 0 Å². The van der Waals surface area contributed by atoms with E-state index in [0.29, 0.717) is 18.9 Å². The topological polar surface area (TPSA) is 27.7 Å².